The van der Waals surface area contributed by atoms with Crippen molar-refractivity contribution in [1.29, 1.82) is 0 Å². The Kier molecular flexibility index (Phi) is 4.51. The third-order valence-corrected chi connectivity index (χ3v) is 3.79. The van der Waals surface area contributed by atoms with Gasteiger partial charge in [0.15, 0.2) is 0 Å². The van der Waals surface area contributed by atoms with Crippen molar-refractivity contribution < 1.29 is 8.78 Å². The molecular weight excluding hydrogens is 300 g/mol. The molecule has 0 fully saturated rings. The SMILES string of the molecule is NC(C1=CCCCCC1)c1c(F)cc(Br)cc1F. The van der Waals surface area contributed by atoms with Gasteiger partial charge in [0.1, 0.15) is 11.6 Å². The summed E-state index contributed by atoms with van der Waals surface area (Å²) in [6.45, 7) is 0. The normalized spacial score (nSPS) is 18.1. The average Bonchev–Trinajstić information content (AvgIpc) is 2.55. The second kappa shape index (κ2) is 5.93. The Bertz CT molecular complexity index is 448. The van der Waals surface area contributed by atoms with Crippen molar-refractivity contribution in [2.45, 2.75) is 38.1 Å². The zero-order valence-corrected chi connectivity index (χ0v) is 11.6. The fourth-order valence-electron chi connectivity index (χ4n) is 2.36. The van der Waals surface area contributed by atoms with Crippen LogP contribution < -0.4 is 5.73 Å². The lowest BCUT2D eigenvalue weighted by Crippen LogP contribution is -2.17. The van der Waals surface area contributed by atoms with Gasteiger partial charge in [0.25, 0.3) is 0 Å². The van der Waals surface area contributed by atoms with Gasteiger partial charge in [-0.25, -0.2) is 8.78 Å². The molecule has 1 aliphatic carbocycles. The summed E-state index contributed by atoms with van der Waals surface area (Å²) in [4.78, 5) is 0. The van der Waals surface area contributed by atoms with E-state index in [2.05, 4.69) is 15.9 Å². The van der Waals surface area contributed by atoms with Crippen molar-refractivity contribution in [3.63, 3.8) is 0 Å². The van der Waals surface area contributed by atoms with Crippen LogP contribution in [0, 0.1) is 11.6 Å². The highest BCUT2D eigenvalue weighted by Gasteiger charge is 2.21. The zero-order chi connectivity index (χ0) is 13.1. The van der Waals surface area contributed by atoms with Crippen LogP contribution in [0.15, 0.2) is 28.3 Å². The molecular formula is C14H16BrF2N. The minimum absolute atomic E-state index is 0.0219. The van der Waals surface area contributed by atoms with Crippen molar-refractivity contribution in [2.75, 3.05) is 0 Å². The van der Waals surface area contributed by atoms with E-state index in [1.165, 1.54) is 12.1 Å². The fraction of sp³-hybridized carbons (Fsp3) is 0.429. The van der Waals surface area contributed by atoms with Gasteiger partial charge in [-0.1, -0.05) is 34.0 Å². The second-order valence-electron chi connectivity index (χ2n) is 4.64. The van der Waals surface area contributed by atoms with Crippen LogP contribution in [0.1, 0.15) is 43.7 Å². The molecule has 1 aliphatic rings. The van der Waals surface area contributed by atoms with Crippen LogP contribution in [-0.4, -0.2) is 0 Å². The fourth-order valence-corrected chi connectivity index (χ4v) is 2.76. The van der Waals surface area contributed by atoms with Gasteiger partial charge in [-0.05, 0) is 37.8 Å². The number of nitrogens with two attached hydrogens (primary N) is 1. The van der Waals surface area contributed by atoms with Gasteiger partial charge in [-0.15, -0.1) is 0 Å². The first-order valence-corrected chi connectivity index (χ1v) is 6.98. The third-order valence-electron chi connectivity index (χ3n) is 3.33. The highest BCUT2D eigenvalue weighted by Crippen LogP contribution is 2.31. The molecule has 0 bridgehead atoms. The Labute approximate surface area is 114 Å². The first-order chi connectivity index (χ1) is 8.59. The van der Waals surface area contributed by atoms with Crippen LogP contribution in [0.3, 0.4) is 0 Å². The van der Waals surface area contributed by atoms with Gasteiger partial charge < -0.3 is 5.73 Å². The molecule has 98 valence electrons. The summed E-state index contributed by atoms with van der Waals surface area (Å²) in [6.07, 6.45) is 7.14. The highest BCUT2D eigenvalue weighted by molar-refractivity contribution is 9.10. The van der Waals surface area contributed by atoms with Gasteiger partial charge in [-0.2, -0.15) is 0 Å². The molecule has 18 heavy (non-hydrogen) atoms. The Morgan fingerprint density at radius 1 is 1.11 bits per heavy atom. The van der Waals surface area contributed by atoms with Crippen LogP contribution >= 0.6 is 15.9 Å². The number of rotatable bonds is 2. The van der Waals surface area contributed by atoms with Crippen molar-refractivity contribution in [2.24, 2.45) is 5.73 Å². The minimum atomic E-state index is -0.670. The maximum absolute atomic E-state index is 13.8. The van der Waals surface area contributed by atoms with Gasteiger partial charge in [0.2, 0.25) is 0 Å². The molecule has 0 aliphatic heterocycles. The average molecular weight is 316 g/mol. The number of hydrogen-bond acceptors (Lipinski definition) is 1. The van der Waals surface area contributed by atoms with E-state index in [0.717, 1.165) is 37.7 Å². The molecule has 2 N–H and O–H groups in total. The molecule has 0 radical (unpaired) electrons. The number of halogens is 3. The quantitative estimate of drug-likeness (QED) is 0.792. The predicted molar refractivity (Wildman–Crippen MR) is 72.2 cm³/mol. The van der Waals surface area contributed by atoms with E-state index in [1.807, 2.05) is 6.08 Å². The van der Waals surface area contributed by atoms with Crippen LogP contribution in [0.4, 0.5) is 8.78 Å². The Morgan fingerprint density at radius 3 is 2.44 bits per heavy atom. The molecule has 0 saturated carbocycles. The lowest BCUT2D eigenvalue weighted by atomic mass is 9.95. The largest absolute Gasteiger partial charge is 0.320 e. The van der Waals surface area contributed by atoms with Crippen LogP contribution in [0.2, 0.25) is 0 Å². The summed E-state index contributed by atoms with van der Waals surface area (Å²) in [5.41, 5.74) is 6.96. The molecule has 1 nitrogen and oxygen atoms in total. The van der Waals surface area contributed by atoms with Crippen LogP contribution in [-0.2, 0) is 0 Å². The first kappa shape index (κ1) is 13.7. The molecule has 1 unspecified atom stereocenters. The topological polar surface area (TPSA) is 26.0 Å². The number of hydrogen-bond donors (Lipinski definition) is 1. The van der Waals surface area contributed by atoms with Crippen LogP contribution in [0.25, 0.3) is 0 Å². The lowest BCUT2D eigenvalue weighted by molar-refractivity contribution is 0.535. The molecule has 0 aromatic heterocycles. The van der Waals surface area contributed by atoms with Crippen molar-refractivity contribution in [3.05, 3.63) is 45.5 Å². The van der Waals surface area contributed by atoms with Crippen molar-refractivity contribution >= 4 is 15.9 Å². The molecule has 4 heteroatoms. The highest BCUT2D eigenvalue weighted by atomic mass is 79.9. The Morgan fingerprint density at radius 2 is 1.78 bits per heavy atom. The number of benzene rings is 1. The molecule has 0 amide bonds. The van der Waals surface area contributed by atoms with E-state index in [1.54, 1.807) is 0 Å². The van der Waals surface area contributed by atoms with Gasteiger partial charge >= 0.3 is 0 Å². The third kappa shape index (κ3) is 2.98. The lowest BCUT2D eigenvalue weighted by Gasteiger charge is -2.17. The molecule has 0 saturated heterocycles. The molecule has 1 aromatic carbocycles. The summed E-state index contributed by atoms with van der Waals surface area (Å²) in [5.74, 6) is -1.17. The minimum Gasteiger partial charge on any atom is -0.320 e. The summed E-state index contributed by atoms with van der Waals surface area (Å²) in [6, 6.07) is 1.85. The van der Waals surface area contributed by atoms with E-state index >= 15 is 0 Å². The summed E-state index contributed by atoms with van der Waals surface area (Å²) in [7, 11) is 0. The molecule has 1 aromatic rings. The molecule has 2 rings (SSSR count). The monoisotopic (exact) mass is 315 g/mol. The number of allylic oxidation sites excluding steroid dienone is 1. The summed E-state index contributed by atoms with van der Waals surface area (Å²) in [5, 5.41) is 0. The van der Waals surface area contributed by atoms with E-state index < -0.39 is 17.7 Å². The maximum Gasteiger partial charge on any atom is 0.132 e. The summed E-state index contributed by atoms with van der Waals surface area (Å²) < 4.78 is 28.1. The smallest absolute Gasteiger partial charge is 0.132 e. The predicted octanol–water partition coefficient (Wildman–Crippen LogP) is 4.62. The van der Waals surface area contributed by atoms with Crippen molar-refractivity contribution in [3.8, 4) is 0 Å². The molecule has 1 atom stereocenters. The van der Waals surface area contributed by atoms with Crippen LogP contribution in [0.5, 0.6) is 0 Å². The maximum atomic E-state index is 13.8. The zero-order valence-electron chi connectivity index (χ0n) is 10.1. The summed E-state index contributed by atoms with van der Waals surface area (Å²) >= 11 is 3.07. The van der Waals surface area contributed by atoms with E-state index in [9.17, 15) is 8.78 Å². The standard InChI is InChI=1S/C14H16BrF2N/c15-10-7-11(16)13(12(17)8-10)14(18)9-5-3-1-2-4-6-9/h5,7-8,14H,1-4,6,18H2. The van der Waals surface area contributed by atoms with E-state index in [0.29, 0.717) is 4.47 Å². The van der Waals surface area contributed by atoms with Crippen molar-refractivity contribution in [1.82, 2.24) is 0 Å². The Balaban J connectivity index is 2.33. The first-order valence-electron chi connectivity index (χ1n) is 6.18. The van der Waals surface area contributed by atoms with Gasteiger partial charge in [0, 0.05) is 10.0 Å². The second-order valence-corrected chi connectivity index (χ2v) is 5.55. The van der Waals surface area contributed by atoms with Gasteiger partial charge in [-0.3, -0.25) is 0 Å². The Hall–Kier alpha value is -0.740. The molecule has 0 heterocycles. The molecule has 0 spiro atoms. The van der Waals surface area contributed by atoms with E-state index in [-0.39, 0.29) is 5.56 Å². The van der Waals surface area contributed by atoms with Gasteiger partial charge in [0.05, 0.1) is 6.04 Å². The van der Waals surface area contributed by atoms with E-state index in [4.69, 9.17) is 5.73 Å².